The second-order valence-electron chi connectivity index (χ2n) is 15.3. The van der Waals surface area contributed by atoms with E-state index in [1.807, 2.05) is 0 Å². The summed E-state index contributed by atoms with van der Waals surface area (Å²) in [6.07, 6.45) is -25.5. The highest BCUT2D eigenvalue weighted by molar-refractivity contribution is 7.97. The number of rotatable bonds is 6. The van der Waals surface area contributed by atoms with E-state index in [2.05, 4.69) is 185 Å². The van der Waals surface area contributed by atoms with Gasteiger partial charge in [-0.3, -0.25) is 0 Å². The zero-order chi connectivity index (χ0) is 51.1. The maximum absolute atomic E-state index is 11.5. The quantitative estimate of drug-likeness (QED) is 0.126. The third-order valence-electron chi connectivity index (χ3n) is 9.63. The fourth-order valence-corrected chi connectivity index (χ4v) is 10.5. The van der Waals surface area contributed by atoms with Crippen molar-refractivity contribution in [3.05, 3.63) is 169 Å². The van der Waals surface area contributed by atoms with Crippen molar-refractivity contribution < 1.29 is 82.7 Å². The Hall–Kier alpha value is -6.09. The van der Waals surface area contributed by atoms with Gasteiger partial charge in [0.2, 0.25) is 0 Å². The molecular weight excluding hydrogens is 965 g/mol. The van der Waals surface area contributed by atoms with E-state index in [0.29, 0.717) is 0 Å². The van der Waals surface area contributed by atoms with E-state index < -0.39 is 47.8 Å². The van der Waals surface area contributed by atoms with Gasteiger partial charge in [-0.2, -0.15) is 52.7 Å². The Morgan fingerprint density at radius 2 is 0.706 bits per heavy atom. The smallest absolute Gasteiger partial charge is 0.431 e. The van der Waals surface area contributed by atoms with Crippen LogP contribution in [0.4, 0.5) is 52.7 Å². The summed E-state index contributed by atoms with van der Waals surface area (Å²) in [5.74, 6) is -7.32. The van der Waals surface area contributed by atoms with Crippen LogP contribution < -0.4 is 10.2 Å². The number of carbonyl (C=O) groups excluding carboxylic acids is 2. The summed E-state index contributed by atoms with van der Waals surface area (Å²) in [5.41, 5.74) is -10.1. The van der Waals surface area contributed by atoms with Gasteiger partial charge in [0.25, 0.3) is 11.2 Å². The number of carboxylic acid groups (broad SMARTS) is 2. The van der Waals surface area contributed by atoms with Crippen molar-refractivity contribution in [2.75, 3.05) is 0 Å². The lowest BCUT2D eigenvalue weighted by atomic mass is 9.87. The van der Waals surface area contributed by atoms with E-state index in [-0.39, 0.29) is 26.8 Å². The molecule has 0 saturated heterocycles. The van der Waals surface area contributed by atoms with Crippen molar-refractivity contribution in [3.8, 4) is 4.90 Å². The average molecular weight is 1000 g/mol. The van der Waals surface area contributed by atoms with Gasteiger partial charge in [0.15, 0.2) is 29.0 Å². The van der Waals surface area contributed by atoms with Gasteiger partial charge < -0.3 is 30.0 Å². The topological polar surface area (TPSA) is 121 Å². The van der Waals surface area contributed by atoms with Crippen LogP contribution in [0.2, 0.25) is 0 Å². The molecule has 0 amide bonds. The molecule has 0 saturated carbocycles. The molecule has 1 heterocycles. The Bertz CT molecular complexity index is 2580. The Balaban J connectivity index is 0.000000205. The van der Waals surface area contributed by atoms with E-state index in [0.717, 1.165) is 0 Å². The van der Waals surface area contributed by atoms with Crippen LogP contribution in [0, 0.1) is 0 Å². The van der Waals surface area contributed by atoms with Gasteiger partial charge in [-0.15, -0.1) is 0 Å². The first kappa shape index (κ1) is 54.5. The minimum atomic E-state index is -6.37. The highest BCUT2D eigenvalue weighted by atomic mass is 32.2. The highest BCUT2D eigenvalue weighted by Gasteiger charge is 2.72. The molecule has 1 aromatic heterocycles. The van der Waals surface area contributed by atoms with Crippen molar-refractivity contribution in [1.29, 1.82) is 0 Å². The molecule has 0 aliphatic rings. The second kappa shape index (κ2) is 21.1. The van der Waals surface area contributed by atoms with Crippen LogP contribution in [0.3, 0.4) is 0 Å². The number of thiophene rings is 1. The lowest BCUT2D eigenvalue weighted by Gasteiger charge is -2.32. The van der Waals surface area contributed by atoms with E-state index in [1.54, 1.807) is 0 Å². The van der Waals surface area contributed by atoms with Crippen molar-refractivity contribution in [3.63, 3.8) is 0 Å². The molecule has 0 aliphatic heterocycles. The summed E-state index contributed by atoms with van der Waals surface area (Å²) in [4.78, 5) is 24.5. The lowest BCUT2D eigenvalue weighted by Crippen LogP contribution is -2.66. The highest BCUT2D eigenvalue weighted by Crippen LogP contribution is 2.48. The van der Waals surface area contributed by atoms with Crippen LogP contribution in [0.5, 0.6) is 0 Å². The van der Waals surface area contributed by atoms with E-state index in [1.165, 1.54) is 45.3 Å². The molecule has 2 N–H and O–H groups in total. The molecule has 6 aromatic carbocycles. The molecule has 0 spiro atoms. The first-order valence-electron chi connectivity index (χ1n) is 19.5. The molecule has 0 atom stereocenters. The van der Waals surface area contributed by atoms with Crippen LogP contribution in [0.1, 0.15) is 26.3 Å². The van der Waals surface area contributed by atoms with Crippen LogP contribution in [-0.2, 0) is 25.9 Å². The number of hydrogen-bond donors (Lipinski definition) is 2. The summed E-state index contributed by atoms with van der Waals surface area (Å²) >= 11 is 0. The largest absolute Gasteiger partial charge is 0.546 e. The number of aliphatic hydroxyl groups is 2. The van der Waals surface area contributed by atoms with Crippen LogP contribution in [0.15, 0.2) is 178 Å². The minimum absolute atomic E-state index is 0.0497. The molecule has 6 nitrogen and oxygen atoms in total. The van der Waals surface area contributed by atoms with Gasteiger partial charge in [0, 0.05) is 21.2 Å². The summed E-state index contributed by atoms with van der Waals surface area (Å²) in [6, 6.07) is 59.1. The first-order chi connectivity index (χ1) is 31.4. The average Bonchev–Trinajstić information content (AvgIpc) is 3.60. The predicted octanol–water partition coefficient (Wildman–Crippen LogP) is 11.0. The van der Waals surface area contributed by atoms with Crippen LogP contribution in [0.25, 0.3) is 25.1 Å². The number of benzene rings is 6. The third kappa shape index (κ3) is 11.9. The molecule has 68 heavy (non-hydrogen) atoms. The Kier molecular flexibility index (Phi) is 16.9. The monoisotopic (exact) mass is 1000 g/mol. The minimum Gasteiger partial charge on any atom is -0.546 e. The molecule has 0 bridgehead atoms. The predicted molar refractivity (Wildman–Crippen MR) is 230 cm³/mol. The summed E-state index contributed by atoms with van der Waals surface area (Å²) in [5, 5.41) is 37.5. The number of halogens is 12. The van der Waals surface area contributed by atoms with Gasteiger partial charge >= 0.3 is 24.7 Å². The number of fused-ring (bicyclic) bond motifs is 3. The number of carbonyl (C=O) groups is 2. The Labute approximate surface area is 386 Å². The van der Waals surface area contributed by atoms with Crippen molar-refractivity contribution in [2.45, 2.75) is 76.8 Å². The van der Waals surface area contributed by atoms with E-state index in [4.69, 9.17) is 10.2 Å². The molecule has 0 fully saturated rings. The number of aliphatic carboxylic acids is 2. The van der Waals surface area contributed by atoms with Gasteiger partial charge in [-0.05, 0) is 83.8 Å². The standard InChI is InChI=1S/C22H23S.C18H13S.2C4H2F6O3/c1-22(2,3)18-14-16-21(17-15-18)23(19-10-6-4-7-11-19)20-12-8-5-9-13-20;1-2-8-14(9-3-1)19-17-12-6-4-10-15(17)16-11-5-7-13-18(16)19;2*5-3(6,7)2(13,1(11)12)4(8,9)10/h4-17H,1-3H3;1-13H;2*13H,(H,11,12)/q2*+1;;/p-2. The van der Waals surface area contributed by atoms with Crippen molar-refractivity contribution in [2.24, 2.45) is 0 Å². The zero-order valence-electron chi connectivity index (χ0n) is 35.5. The fraction of sp³-hybridized carbons (Fsp3) is 0.208. The Morgan fingerprint density at radius 1 is 0.426 bits per heavy atom. The second-order valence-corrected chi connectivity index (χ2v) is 19.3. The van der Waals surface area contributed by atoms with Gasteiger partial charge in [0.05, 0.1) is 22.8 Å². The molecule has 0 unspecified atom stereocenters. The summed E-state index contributed by atoms with van der Waals surface area (Å²) in [7, 11) is 0.00976. The molecular formula is C48H38F12O6S2. The molecule has 20 heteroatoms. The van der Waals surface area contributed by atoms with E-state index in [9.17, 15) is 72.5 Å². The lowest BCUT2D eigenvalue weighted by molar-refractivity contribution is -0.404. The normalized spacial score (nSPS) is 12.6. The van der Waals surface area contributed by atoms with Gasteiger partial charge in [-0.25, -0.2) is 0 Å². The van der Waals surface area contributed by atoms with Gasteiger partial charge in [0.1, 0.15) is 0 Å². The molecule has 7 rings (SSSR count). The summed E-state index contributed by atoms with van der Waals surface area (Å²) < 4.78 is 140. The molecule has 7 aromatic rings. The molecule has 0 radical (unpaired) electrons. The fourth-order valence-electron chi connectivity index (χ4n) is 6.06. The molecule has 362 valence electrons. The van der Waals surface area contributed by atoms with Gasteiger partial charge in [-0.1, -0.05) is 112 Å². The third-order valence-corrected chi connectivity index (χ3v) is 14.2. The number of alkyl halides is 12. The zero-order valence-corrected chi connectivity index (χ0v) is 37.1. The van der Waals surface area contributed by atoms with Crippen LogP contribution >= 0.6 is 10.5 Å². The maximum atomic E-state index is 11.5. The number of carboxylic acids is 2. The van der Waals surface area contributed by atoms with Crippen molar-refractivity contribution >= 4 is 53.5 Å². The Morgan fingerprint density at radius 3 is 0.985 bits per heavy atom. The summed E-state index contributed by atoms with van der Waals surface area (Å²) in [6.45, 7) is 6.78. The van der Waals surface area contributed by atoms with Crippen LogP contribution in [-0.4, -0.2) is 58.1 Å². The number of hydrogen-bond acceptors (Lipinski definition) is 6. The van der Waals surface area contributed by atoms with E-state index >= 15 is 0 Å². The SMILES string of the molecule is CC(C)(C)c1ccc([S+](c2ccccc2)c2ccccc2)cc1.O=C([O-])C(O)(C(F)(F)F)C(F)(F)F.O=C([O-])C(O)(C(F)(F)F)C(F)(F)F.c1ccc(-[s+]2c3ccccc3c3ccccc32)cc1. The van der Waals surface area contributed by atoms with Crippen molar-refractivity contribution in [1.82, 2.24) is 0 Å². The molecule has 0 aliphatic carbocycles. The maximum Gasteiger partial charge on any atom is 0.431 e. The first-order valence-corrected chi connectivity index (χ1v) is 21.9.